The zero-order valence-electron chi connectivity index (χ0n) is 16.2. The highest BCUT2D eigenvalue weighted by molar-refractivity contribution is 6.04. The van der Waals surface area contributed by atoms with Crippen molar-refractivity contribution in [3.63, 3.8) is 0 Å². The largest absolute Gasteiger partial charge is 0.478 e. The second-order valence-corrected chi connectivity index (χ2v) is 7.75. The maximum atomic E-state index is 13.2. The van der Waals surface area contributed by atoms with Crippen LogP contribution in [0.3, 0.4) is 0 Å². The van der Waals surface area contributed by atoms with Crippen LogP contribution in [-0.4, -0.2) is 40.4 Å². The van der Waals surface area contributed by atoms with Gasteiger partial charge in [0.15, 0.2) is 6.10 Å². The van der Waals surface area contributed by atoms with Gasteiger partial charge in [-0.2, -0.15) is 0 Å². The Morgan fingerprint density at radius 3 is 2.64 bits per heavy atom. The van der Waals surface area contributed by atoms with E-state index >= 15 is 0 Å². The van der Waals surface area contributed by atoms with Gasteiger partial charge in [0.05, 0.1) is 17.9 Å². The van der Waals surface area contributed by atoms with E-state index in [0.29, 0.717) is 18.0 Å². The fraction of sp³-hybridized carbons (Fsp3) is 0.409. The number of hydrogen-bond acceptors (Lipinski definition) is 4. The minimum Gasteiger partial charge on any atom is -0.478 e. The second-order valence-electron chi connectivity index (χ2n) is 7.75. The molecular formula is C22H25N3O3. The first-order chi connectivity index (χ1) is 13.5. The van der Waals surface area contributed by atoms with Gasteiger partial charge in [0, 0.05) is 12.2 Å². The summed E-state index contributed by atoms with van der Waals surface area (Å²) in [6.07, 6.45) is 3.16. The minimum absolute atomic E-state index is 0.0196. The first-order valence-electron chi connectivity index (χ1n) is 9.81. The van der Waals surface area contributed by atoms with E-state index in [0.717, 1.165) is 18.5 Å². The summed E-state index contributed by atoms with van der Waals surface area (Å²) in [7, 11) is 0. The van der Waals surface area contributed by atoms with Crippen molar-refractivity contribution < 1.29 is 14.3 Å². The van der Waals surface area contributed by atoms with Gasteiger partial charge in [-0.3, -0.25) is 19.5 Å². The third-order valence-electron chi connectivity index (χ3n) is 5.18. The first kappa shape index (κ1) is 18.5. The summed E-state index contributed by atoms with van der Waals surface area (Å²) in [6.45, 7) is 4.39. The molecule has 1 aliphatic heterocycles. The van der Waals surface area contributed by atoms with E-state index < -0.39 is 6.10 Å². The average molecular weight is 379 g/mol. The van der Waals surface area contributed by atoms with Gasteiger partial charge in [0.2, 0.25) is 5.91 Å². The Balaban J connectivity index is 1.57. The predicted molar refractivity (Wildman–Crippen MR) is 106 cm³/mol. The van der Waals surface area contributed by atoms with Gasteiger partial charge in [-0.1, -0.05) is 32.0 Å². The summed E-state index contributed by atoms with van der Waals surface area (Å²) in [5.74, 6) is 0.458. The van der Waals surface area contributed by atoms with Gasteiger partial charge in [-0.25, -0.2) is 0 Å². The van der Waals surface area contributed by atoms with Crippen LogP contribution in [0.15, 0.2) is 48.7 Å². The van der Waals surface area contributed by atoms with Crippen molar-refractivity contribution in [3.8, 4) is 5.75 Å². The third-order valence-corrected chi connectivity index (χ3v) is 5.18. The van der Waals surface area contributed by atoms with E-state index in [2.05, 4.69) is 4.98 Å². The maximum Gasteiger partial charge on any atom is 0.268 e. The number of carbonyl (C=O) groups is 2. The number of para-hydroxylation sites is 2. The highest BCUT2D eigenvalue weighted by atomic mass is 16.5. The van der Waals surface area contributed by atoms with Gasteiger partial charge in [-0.05, 0) is 43.0 Å². The lowest BCUT2D eigenvalue weighted by Crippen LogP contribution is -2.52. The number of benzene rings is 1. The molecule has 146 valence electrons. The highest BCUT2D eigenvalue weighted by Gasteiger charge is 2.39. The molecule has 0 radical (unpaired) electrons. The Bertz CT molecular complexity index is 864. The van der Waals surface area contributed by atoms with Crippen LogP contribution >= 0.6 is 0 Å². The van der Waals surface area contributed by atoms with Crippen LogP contribution in [0.1, 0.15) is 32.4 Å². The van der Waals surface area contributed by atoms with Crippen LogP contribution in [-0.2, 0) is 16.1 Å². The third kappa shape index (κ3) is 3.72. The molecule has 0 bridgehead atoms. The maximum absolute atomic E-state index is 13.2. The Morgan fingerprint density at radius 2 is 1.96 bits per heavy atom. The molecule has 0 N–H and O–H groups in total. The molecule has 2 aromatic rings. The number of anilines is 1. The van der Waals surface area contributed by atoms with Crippen LogP contribution in [0.25, 0.3) is 0 Å². The number of pyridine rings is 1. The molecule has 2 heterocycles. The number of nitrogens with zero attached hydrogens (tertiary/aromatic N) is 3. The zero-order chi connectivity index (χ0) is 19.7. The fourth-order valence-corrected chi connectivity index (χ4v) is 3.52. The molecule has 6 heteroatoms. The molecular weight excluding hydrogens is 354 g/mol. The van der Waals surface area contributed by atoms with Gasteiger partial charge < -0.3 is 9.64 Å². The number of rotatable bonds is 6. The van der Waals surface area contributed by atoms with Crippen LogP contribution in [0.5, 0.6) is 5.75 Å². The number of hydrogen-bond donors (Lipinski definition) is 0. The molecule has 0 spiro atoms. The Morgan fingerprint density at radius 1 is 1.21 bits per heavy atom. The summed E-state index contributed by atoms with van der Waals surface area (Å²) >= 11 is 0. The van der Waals surface area contributed by atoms with Gasteiger partial charge in [0.25, 0.3) is 5.91 Å². The molecule has 4 rings (SSSR count). The van der Waals surface area contributed by atoms with Crippen LogP contribution < -0.4 is 9.64 Å². The second kappa shape index (κ2) is 7.62. The summed E-state index contributed by atoms with van der Waals surface area (Å²) in [6, 6.07) is 13.4. The average Bonchev–Trinajstić information content (AvgIpc) is 3.53. The summed E-state index contributed by atoms with van der Waals surface area (Å²) in [4.78, 5) is 34.0. The Kier molecular flexibility index (Phi) is 5.03. The standard InChI is InChI=1S/C22H25N3O3/c1-15(2)21-22(27)25(18-8-3-4-9-19(18)28-21)14-20(26)24(17-10-11-17)13-16-7-5-6-12-23-16/h3-9,12,15,17,21H,10-11,13-14H2,1-2H3/t21-/m0/s1. The van der Waals surface area contributed by atoms with Crippen molar-refractivity contribution >= 4 is 17.5 Å². The molecule has 2 aliphatic rings. The summed E-state index contributed by atoms with van der Waals surface area (Å²) in [5.41, 5.74) is 1.52. The topological polar surface area (TPSA) is 62.7 Å². The van der Waals surface area contributed by atoms with E-state index in [1.807, 2.05) is 61.2 Å². The van der Waals surface area contributed by atoms with Crippen molar-refractivity contribution in [3.05, 3.63) is 54.4 Å². The smallest absolute Gasteiger partial charge is 0.268 e. The van der Waals surface area contributed by atoms with E-state index in [4.69, 9.17) is 4.74 Å². The van der Waals surface area contributed by atoms with Crippen molar-refractivity contribution in [2.45, 2.75) is 45.4 Å². The van der Waals surface area contributed by atoms with Crippen LogP contribution in [0.4, 0.5) is 5.69 Å². The van der Waals surface area contributed by atoms with Crippen LogP contribution in [0, 0.1) is 5.92 Å². The van der Waals surface area contributed by atoms with E-state index in [1.54, 1.807) is 11.1 Å². The predicted octanol–water partition coefficient (Wildman–Crippen LogP) is 3.02. The molecule has 1 fully saturated rings. The number of amides is 2. The monoisotopic (exact) mass is 379 g/mol. The molecule has 0 unspecified atom stereocenters. The number of fused-ring (bicyclic) bond motifs is 1. The van der Waals surface area contributed by atoms with Gasteiger partial charge >= 0.3 is 0 Å². The lowest BCUT2D eigenvalue weighted by atomic mass is 10.0. The van der Waals surface area contributed by atoms with Crippen molar-refractivity contribution in [1.29, 1.82) is 0 Å². The zero-order valence-corrected chi connectivity index (χ0v) is 16.2. The normalized spacial score (nSPS) is 18.6. The molecule has 1 aromatic carbocycles. The van der Waals surface area contributed by atoms with Gasteiger partial charge in [-0.15, -0.1) is 0 Å². The molecule has 6 nitrogen and oxygen atoms in total. The van der Waals surface area contributed by atoms with Crippen molar-refractivity contribution in [1.82, 2.24) is 9.88 Å². The lowest BCUT2D eigenvalue weighted by Gasteiger charge is -2.36. The van der Waals surface area contributed by atoms with Crippen molar-refractivity contribution in [2.24, 2.45) is 5.92 Å². The Labute approximate surface area is 165 Å². The van der Waals surface area contributed by atoms with Gasteiger partial charge in [0.1, 0.15) is 12.3 Å². The first-order valence-corrected chi connectivity index (χ1v) is 9.81. The molecule has 1 atom stereocenters. The minimum atomic E-state index is -0.576. The number of aromatic nitrogens is 1. The molecule has 2 amide bonds. The summed E-state index contributed by atoms with van der Waals surface area (Å²) in [5, 5.41) is 0. The quantitative estimate of drug-likeness (QED) is 0.774. The lowest BCUT2D eigenvalue weighted by molar-refractivity contribution is -0.135. The highest BCUT2D eigenvalue weighted by Crippen LogP contribution is 2.36. The van der Waals surface area contributed by atoms with E-state index in [9.17, 15) is 9.59 Å². The van der Waals surface area contributed by atoms with E-state index in [1.165, 1.54) is 0 Å². The molecule has 1 aliphatic carbocycles. The Hall–Kier alpha value is -2.89. The van der Waals surface area contributed by atoms with E-state index in [-0.39, 0.29) is 30.3 Å². The van der Waals surface area contributed by atoms with Crippen molar-refractivity contribution in [2.75, 3.05) is 11.4 Å². The molecule has 28 heavy (non-hydrogen) atoms. The number of ether oxygens (including phenoxy) is 1. The molecule has 1 saturated carbocycles. The fourth-order valence-electron chi connectivity index (χ4n) is 3.52. The van der Waals surface area contributed by atoms with Crippen LogP contribution in [0.2, 0.25) is 0 Å². The molecule has 0 saturated heterocycles. The molecule has 1 aromatic heterocycles. The SMILES string of the molecule is CC(C)[C@@H]1Oc2ccccc2N(CC(=O)N(Cc2ccccn2)C2CC2)C1=O. The summed E-state index contributed by atoms with van der Waals surface area (Å²) < 4.78 is 5.91. The number of carbonyl (C=O) groups excluding carboxylic acids is 2.